The van der Waals surface area contributed by atoms with Crippen molar-refractivity contribution < 1.29 is 17.9 Å². The molecule has 28 heavy (non-hydrogen) atoms. The van der Waals surface area contributed by atoms with E-state index in [4.69, 9.17) is 16.3 Å². The number of allylic oxidation sites excluding steroid dienone is 2. The number of para-hydroxylation sites is 1. The van der Waals surface area contributed by atoms with Gasteiger partial charge in [0.1, 0.15) is 16.5 Å². The number of benzene rings is 2. The highest BCUT2D eigenvalue weighted by atomic mass is 35.5. The summed E-state index contributed by atoms with van der Waals surface area (Å²) in [6, 6.07) is 18.6. The molecule has 0 aliphatic heterocycles. The summed E-state index contributed by atoms with van der Waals surface area (Å²) in [4.78, 5) is 0. The zero-order valence-electron chi connectivity index (χ0n) is 15.4. The lowest BCUT2D eigenvalue weighted by Crippen LogP contribution is -2.07. The molecule has 2 aromatic carbocycles. The molecule has 1 aliphatic rings. The first-order valence-corrected chi connectivity index (χ1v) is 9.19. The third-order valence-electron chi connectivity index (χ3n) is 5.29. The summed E-state index contributed by atoms with van der Waals surface area (Å²) in [6.07, 6.45) is -3.53. The maximum atomic E-state index is 12.8. The van der Waals surface area contributed by atoms with Crippen molar-refractivity contribution in [2.75, 3.05) is 0 Å². The van der Waals surface area contributed by atoms with E-state index in [9.17, 15) is 18.4 Å². The second-order valence-corrected chi connectivity index (χ2v) is 7.89. The molecule has 2 nitrogen and oxygen atoms in total. The molecule has 146 valence electrons. The average Bonchev–Trinajstić information content (AvgIpc) is 3.16. The summed E-state index contributed by atoms with van der Waals surface area (Å²) in [5.74, 6) is -0.0145. The van der Waals surface area contributed by atoms with Gasteiger partial charge in [-0.15, -0.1) is 0 Å². The number of rotatable bonds is 5. The summed E-state index contributed by atoms with van der Waals surface area (Å²) in [6.45, 7) is 3.71. The fourth-order valence-corrected chi connectivity index (χ4v) is 3.82. The summed E-state index contributed by atoms with van der Waals surface area (Å²) >= 11 is 5.43. The number of hydrogen-bond acceptors (Lipinski definition) is 2. The van der Waals surface area contributed by atoms with E-state index >= 15 is 0 Å². The van der Waals surface area contributed by atoms with Gasteiger partial charge in [-0.25, -0.2) is 0 Å². The lowest BCUT2D eigenvalue weighted by Gasteiger charge is -2.13. The molecule has 3 rings (SSSR count). The molecule has 3 atom stereocenters. The predicted octanol–water partition coefficient (Wildman–Crippen LogP) is 7.04. The smallest absolute Gasteiger partial charge is 0.426 e. The van der Waals surface area contributed by atoms with Gasteiger partial charge < -0.3 is 4.74 Å². The Morgan fingerprint density at radius 3 is 2.39 bits per heavy atom. The topological polar surface area (TPSA) is 33.0 Å². The van der Waals surface area contributed by atoms with Crippen molar-refractivity contribution in [1.29, 1.82) is 5.26 Å². The van der Waals surface area contributed by atoms with Crippen LogP contribution in [0.2, 0.25) is 0 Å². The molecule has 1 aliphatic carbocycles. The summed E-state index contributed by atoms with van der Waals surface area (Å²) < 4.78 is 44.2. The molecule has 0 N–H and O–H groups in total. The molecule has 2 aromatic rings. The zero-order valence-corrected chi connectivity index (χ0v) is 16.1. The maximum absolute atomic E-state index is 12.8. The first-order valence-electron chi connectivity index (χ1n) is 8.81. The second kappa shape index (κ2) is 7.52. The number of alkyl halides is 3. The first kappa shape index (κ1) is 20.3. The highest BCUT2D eigenvalue weighted by Crippen LogP contribution is 2.65. The van der Waals surface area contributed by atoms with E-state index in [1.54, 1.807) is 24.3 Å². The molecule has 0 amide bonds. The van der Waals surface area contributed by atoms with Gasteiger partial charge >= 0.3 is 6.18 Å². The predicted molar refractivity (Wildman–Crippen MR) is 102 cm³/mol. The van der Waals surface area contributed by atoms with Crippen LogP contribution in [0.4, 0.5) is 13.2 Å². The fourth-order valence-electron chi connectivity index (χ4n) is 3.68. The van der Waals surface area contributed by atoms with Crippen LogP contribution < -0.4 is 4.74 Å². The average molecular weight is 406 g/mol. The van der Waals surface area contributed by atoms with Crippen LogP contribution >= 0.6 is 11.6 Å². The van der Waals surface area contributed by atoms with E-state index in [2.05, 4.69) is 6.07 Å². The number of halogens is 4. The van der Waals surface area contributed by atoms with E-state index < -0.39 is 28.5 Å². The second-order valence-electron chi connectivity index (χ2n) is 7.48. The Balaban J connectivity index is 1.84. The van der Waals surface area contributed by atoms with Crippen LogP contribution in [0.1, 0.15) is 25.3 Å². The van der Waals surface area contributed by atoms with Crippen LogP contribution in [0.15, 0.2) is 65.7 Å². The van der Waals surface area contributed by atoms with Crippen LogP contribution in [-0.4, -0.2) is 6.18 Å². The van der Waals surface area contributed by atoms with Crippen molar-refractivity contribution >= 4 is 11.6 Å². The number of ether oxygens (including phenoxy) is 1. The van der Waals surface area contributed by atoms with Crippen LogP contribution in [0, 0.1) is 28.6 Å². The van der Waals surface area contributed by atoms with Gasteiger partial charge in [0, 0.05) is 0 Å². The van der Waals surface area contributed by atoms with Gasteiger partial charge in [-0.05, 0) is 47.1 Å². The molecule has 1 saturated carbocycles. The Bertz CT molecular complexity index is 915. The quantitative estimate of drug-likeness (QED) is 0.534. The Kier molecular flexibility index (Phi) is 5.45. The summed E-state index contributed by atoms with van der Waals surface area (Å²) in [7, 11) is 0. The van der Waals surface area contributed by atoms with Gasteiger partial charge in [0.05, 0.1) is 12.0 Å². The minimum atomic E-state index is -4.57. The van der Waals surface area contributed by atoms with Crippen LogP contribution in [0.3, 0.4) is 0 Å². The van der Waals surface area contributed by atoms with E-state index in [1.807, 2.05) is 44.2 Å². The van der Waals surface area contributed by atoms with Crippen LogP contribution in [-0.2, 0) is 0 Å². The van der Waals surface area contributed by atoms with Gasteiger partial charge in [-0.1, -0.05) is 61.9 Å². The number of nitriles is 1. The lowest BCUT2D eigenvalue weighted by molar-refractivity contribution is -0.0848. The van der Waals surface area contributed by atoms with Gasteiger partial charge in [0.25, 0.3) is 0 Å². The molecular weight excluding hydrogens is 387 g/mol. The SMILES string of the molecule is CC1(C)[C@H](C(C#N)c2cccc(Oc3ccccc3)c2)[C@@H]1/C=C(\Cl)C(F)(F)F. The largest absolute Gasteiger partial charge is 0.457 e. The minimum Gasteiger partial charge on any atom is -0.457 e. The Hall–Kier alpha value is -2.45. The molecule has 0 spiro atoms. The first-order chi connectivity index (χ1) is 13.1. The van der Waals surface area contributed by atoms with Gasteiger partial charge in [0.15, 0.2) is 0 Å². The summed E-state index contributed by atoms with van der Waals surface area (Å²) in [5.41, 5.74) is 0.260. The number of hydrogen-bond donors (Lipinski definition) is 0. The number of nitrogens with zero attached hydrogens (tertiary/aromatic N) is 1. The van der Waals surface area contributed by atoms with Crippen LogP contribution in [0.5, 0.6) is 11.5 Å². The van der Waals surface area contributed by atoms with E-state index in [0.29, 0.717) is 17.1 Å². The van der Waals surface area contributed by atoms with E-state index in [-0.39, 0.29) is 5.92 Å². The Morgan fingerprint density at radius 1 is 1.14 bits per heavy atom. The van der Waals surface area contributed by atoms with Gasteiger partial charge in [-0.2, -0.15) is 18.4 Å². The molecule has 0 aromatic heterocycles. The minimum absolute atomic E-state index is 0.263. The highest BCUT2D eigenvalue weighted by Gasteiger charge is 2.60. The molecule has 1 unspecified atom stereocenters. The molecule has 6 heteroatoms. The Labute approximate surface area is 167 Å². The molecule has 1 fully saturated rings. The molecular formula is C22H19ClF3NO. The fraction of sp³-hybridized carbons (Fsp3) is 0.318. The monoisotopic (exact) mass is 405 g/mol. The molecule has 0 heterocycles. The molecule has 0 saturated heterocycles. The maximum Gasteiger partial charge on any atom is 0.426 e. The van der Waals surface area contributed by atoms with Gasteiger partial charge in [-0.3, -0.25) is 0 Å². The summed E-state index contributed by atoms with van der Waals surface area (Å²) in [5, 5.41) is 8.61. The van der Waals surface area contributed by atoms with Gasteiger partial charge in [0.2, 0.25) is 0 Å². The zero-order chi connectivity index (χ0) is 20.5. The normalized spacial score (nSPS) is 22.2. The van der Waals surface area contributed by atoms with Crippen molar-refractivity contribution in [3.05, 3.63) is 71.3 Å². The molecule has 0 radical (unpaired) electrons. The highest BCUT2D eigenvalue weighted by molar-refractivity contribution is 6.30. The Morgan fingerprint density at radius 2 is 1.79 bits per heavy atom. The van der Waals surface area contributed by atoms with Crippen molar-refractivity contribution in [1.82, 2.24) is 0 Å². The third-order valence-corrected chi connectivity index (χ3v) is 5.63. The third kappa shape index (κ3) is 4.18. The van der Waals surface area contributed by atoms with Crippen molar-refractivity contribution in [3.8, 4) is 17.6 Å². The van der Waals surface area contributed by atoms with Crippen LogP contribution in [0.25, 0.3) is 0 Å². The van der Waals surface area contributed by atoms with Crippen molar-refractivity contribution in [2.24, 2.45) is 17.3 Å². The van der Waals surface area contributed by atoms with Crippen molar-refractivity contribution in [3.63, 3.8) is 0 Å². The van der Waals surface area contributed by atoms with E-state index in [0.717, 1.165) is 6.08 Å². The lowest BCUT2D eigenvalue weighted by atomic mass is 9.91. The van der Waals surface area contributed by atoms with Crippen molar-refractivity contribution in [2.45, 2.75) is 25.9 Å². The molecule has 0 bridgehead atoms. The van der Waals surface area contributed by atoms with E-state index in [1.165, 1.54) is 0 Å². The standard InChI is InChI=1S/C22H19ClF3NO/c1-21(2)18(12-19(23)22(24,25)26)20(21)17(13-27)14-7-6-10-16(11-14)28-15-8-4-3-5-9-15/h3-12,17-18,20H,1-2H3/b19-12-/t17?,18-,20+/m0/s1.